The lowest BCUT2D eigenvalue weighted by Crippen LogP contribution is -2.46. The van der Waals surface area contributed by atoms with E-state index in [4.69, 9.17) is 11.6 Å². The van der Waals surface area contributed by atoms with Crippen LogP contribution in [0.15, 0.2) is 23.2 Å². The fourth-order valence-electron chi connectivity index (χ4n) is 2.94. The Hall–Kier alpha value is -1.09. The maximum atomic E-state index is 13.2. The van der Waals surface area contributed by atoms with E-state index in [0.717, 1.165) is 44.0 Å². The second kappa shape index (κ2) is 11.6. The number of nitrogens with one attached hydrogen (secondary N) is 2. The van der Waals surface area contributed by atoms with Gasteiger partial charge in [-0.3, -0.25) is 4.79 Å². The molecule has 0 unspecified atom stereocenters. The van der Waals surface area contributed by atoms with Gasteiger partial charge in [-0.05, 0) is 43.4 Å². The fourth-order valence-corrected chi connectivity index (χ4v) is 3.15. The number of carbonyl (C=O) groups is 1. The largest absolute Gasteiger partial charge is 0.359 e. The first kappa shape index (κ1) is 23.0. The topological polar surface area (TPSA) is 56.7 Å². The highest BCUT2D eigenvalue weighted by molar-refractivity contribution is 14.0. The molecule has 2 rings (SSSR count). The van der Waals surface area contributed by atoms with Gasteiger partial charge >= 0.3 is 0 Å². The summed E-state index contributed by atoms with van der Waals surface area (Å²) in [5.74, 6) is 0.961. The number of guanidine groups is 1. The summed E-state index contributed by atoms with van der Waals surface area (Å²) in [6, 6.07) is 4.67. The summed E-state index contributed by atoms with van der Waals surface area (Å²) in [5.41, 5.74) is 0.872. The van der Waals surface area contributed by atoms with Gasteiger partial charge in [0.25, 0.3) is 0 Å². The summed E-state index contributed by atoms with van der Waals surface area (Å²) in [7, 11) is 1.68. The normalized spacial score (nSPS) is 15.4. The predicted octanol–water partition coefficient (Wildman–Crippen LogP) is 3.41. The minimum Gasteiger partial charge on any atom is -0.359 e. The van der Waals surface area contributed by atoms with Crippen LogP contribution in [0.2, 0.25) is 5.02 Å². The second-order valence-electron chi connectivity index (χ2n) is 6.23. The van der Waals surface area contributed by atoms with Gasteiger partial charge in [0.1, 0.15) is 5.82 Å². The lowest BCUT2D eigenvalue weighted by molar-refractivity contribution is -0.121. The molecule has 26 heavy (non-hydrogen) atoms. The molecule has 5 nitrogen and oxygen atoms in total. The summed E-state index contributed by atoms with van der Waals surface area (Å²) in [6.45, 7) is 5.00. The molecule has 1 saturated heterocycles. The molecule has 0 spiro atoms. The number of hydrogen-bond acceptors (Lipinski definition) is 2. The van der Waals surface area contributed by atoms with Crippen molar-refractivity contribution in [1.29, 1.82) is 0 Å². The Kier molecular flexibility index (Phi) is 10.2. The molecule has 0 saturated carbocycles. The molecule has 0 atom stereocenters. The van der Waals surface area contributed by atoms with Gasteiger partial charge < -0.3 is 15.5 Å². The van der Waals surface area contributed by atoms with E-state index in [9.17, 15) is 9.18 Å². The van der Waals surface area contributed by atoms with Gasteiger partial charge in [-0.25, -0.2) is 9.38 Å². The Labute approximate surface area is 176 Å². The molecule has 2 N–H and O–H groups in total. The number of benzene rings is 1. The maximum Gasteiger partial charge on any atom is 0.220 e. The van der Waals surface area contributed by atoms with E-state index >= 15 is 0 Å². The first-order valence-electron chi connectivity index (χ1n) is 8.71. The number of piperidine rings is 1. The number of aliphatic imine (C=N–C) groups is 1. The Morgan fingerprint density at radius 2 is 2.08 bits per heavy atom. The minimum atomic E-state index is -0.417. The van der Waals surface area contributed by atoms with Crippen LogP contribution < -0.4 is 10.6 Å². The van der Waals surface area contributed by atoms with Crippen LogP contribution in [0.1, 0.15) is 31.7 Å². The quantitative estimate of drug-likeness (QED) is 0.373. The summed E-state index contributed by atoms with van der Waals surface area (Å²) < 4.78 is 13.2. The molecule has 0 aromatic heterocycles. The molecule has 1 aliphatic rings. The molecular weight excluding hydrogens is 470 g/mol. The summed E-state index contributed by atoms with van der Waals surface area (Å²) >= 11 is 5.83. The van der Waals surface area contributed by atoms with Crippen molar-refractivity contribution in [2.45, 2.75) is 32.7 Å². The van der Waals surface area contributed by atoms with Gasteiger partial charge in [-0.15, -0.1) is 24.0 Å². The van der Waals surface area contributed by atoms with Crippen molar-refractivity contribution in [2.75, 3.05) is 26.7 Å². The number of likely N-dealkylation sites (tertiary alicyclic amines) is 1. The van der Waals surface area contributed by atoms with Crippen LogP contribution >= 0.6 is 35.6 Å². The summed E-state index contributed by atoms with van der Waals surface area (Å²) in [4.78, 5) is 18.4. The molecule has 1 aromatic rings. The van der Waals surface area contributed by atoms with E-state index in [0.29, 0.717) is 18.9 Å². The van der Waals surface area contributed by atoms with E-state index in [1.54, 1.807) is 19.2 Å². The van der Waals surface area contributed by atoms with E-state index in [-0.39, 0.29) is 34.9 Å². The average molecular weight is 497 g/mol. The van der Waals surface area contributed by atoms with Crippen LogP contribution in [0.4, 0.5) is 4.39 Å². The molecule has 0 bridgehead atoms. The average Bonchev–Trinajstić information content (AvgIpc) is 2.62. The van der Waals surface area contributed by atoms with E-state index in [1.165, 1.54) is 6.07 Å². The molecule has 8 heteroatoms. The minimum absolute atomic E-state index is 0. The van der Waals surface area contributed by atoms with E-state index in [1.807, 2.05) is 6.92 Å². The van der Waals surface area contributed by atoms with Crippen molar-refractivity contribution in [2.24, 2.45) is 10.9 Å². The highest BCUT2D eigenvalue weighted by Crippen LogP contribution is 2.21. The molecule has 146 valence electrons. The third-order valence-corrected chi connectivity index (χ3v) is 4.69. The standard InChI is InChI=1S/C18H26ClFN4O.HI/c1-3-22-18(23-12-14-4-5-16(20)15(19)10-14)24-8-6-13(7-9-24)11-17(25)21-2;/h4-5,10,13H,3,6-9,11-12H2,1-2H3,(H,21,25)(H,22,23);1H. The smallest absolute Gasteiger partial charge is 0.220 e. The van der Waals surface area contributed by atoms with Crippen LogP contribution in [-0.4, -0.2) is 43.4 Å². The monoisotopic (exact) mass is 496 g/mol. The first-order valence-corrected chi connectivity index (χ1v) is 9.09. The van der Waals surface area contributed by atoms with Crippen molar-refractivity contribution in [3.8, 4) is 0 Å². The van der Waals surface area contributed by atoms with Gasteiger partial charge in [0, 0.05) is 33.1 Å². The number of hydrogen-bond donors (Lipinski definition) is 2. The third kappa shape index (κ3) is 6.90. The van der Waals surface area contributed by atoms with Gasteiger partial charge in [0.05, 0.1) is 11.6 Å². The number of amides is 1. The number of carbonyl (C=O) groups excluding carboxylic acids is 1. The zero-order valence-electron chi connectivity index (χ0n) is 15.2. The van der Waals surface area contributed by atoms with Crippen molar-refractivity contribution in [3.05, 3.63) is 34.6 Å². The van der Waals surface area contributed by atoms with Crippen molar-refractivity contribution < 1.29 is 9.18 Å². The van der Waals surface area contributed by atoms with E-state index in [2.05, 4.69) is 20.5 Å². The van der Waals surface area contributed by atoms with Crippen LogP contribution in [-0.2, 0) is 11.3 Å². The molecule has 1 fully saturated rings. The maximum absolute atomic E-state index is 13.2. The fraction of sp³-hybridized carbons (Fsp3) is 0.556. The van der Waals surface area contributed by atoms with Crippen LogP contribution in [0.3, 0.4) is 0 Å². The predicted molar refractivity (Wildman–Crippen MR) is 115 cm³/mol. The van der Waals surface area contributed by atoms with Gasteiger partial charge in [-0.1, -0.05) is 17.7 Å². The van der Waals surface area contributed by atoms with Crippen molar-refractivity contribution in [1.82, 2.24) is 15.5 Å². The molecule has 1 heterocycles. The Morgan fingerprint density at radius 3 is 2.65 bits per heavy atom. The summed E-state index contributed by atoms with van der Waals surface area (Å²) in [5, 5.41) is 6.11. The zero-order chi connectivity index (χ0) is 18.2. The third-order valence-electron chi connectivity index (χ3n) is 4.40. The first-order chi connectivity index (χ1) is 12.0. The SMILES string of the molecule is CCNC(=NCc1ccc(F)c(Cl)c1)N1CCC(CC(=O)NC)CC1.I. The summed E-state index contributed by atoms with van der Waals surface area (Å²) in [6.07, 6.45) is 2.53. The number of halogens is 3. The molecule has 0 radical (unpaired) electrons. The number of nitrogens with zero attached hydrogens (tertiary/aromatic N) is 2. The van der Waals surface area contributed by atoms with Gasteiger partial charge in [-0.2, -0.15) is 0 Å². The van der Waals surface area contributed by atoms with Crippen LogP contribution in [0.25, 0.3) is 0 Å². The second-order valence-corrected chi connectivity index (χ2v) is 6.63. The van der Waals surface area contributed by atoms with Gasteiger partial charge in [0.15, 0.2) is 5.96 Å². The lowest BCUT2D eigenvalue weighted by Gasteiger charge is -2.34. The van der Waals surface area contributed by atoms with E-state index < -0.39 is 5.82 Å². The van der Waals surface area contributed by atoms with Gasteiger partial charge in [0.2, 0.25) is 5.91 Å². The Balaban J connectivity index is 0.00000338. The zero-order valence-corrected chi connectivity index (χ0v) is 18.3. The van der Waals surface area contributed by atoms with Crippen molar-refractivity contribution >= 4 is 47.4 Å². The number of rotatable bonds is 5. The molecule has 1 amide bonds. The highest BCUT2D eigenvalue weighted by Gasteiger charge is 2.23. The van der Waals surface area contributed by atoms with Crippen LogP contribution in [0, 0.1) is 11.7 Å². The van der Waals surface area contributed by atoms with Crippen molar-refractivity contribution in [3.63, 3.8) is 0 Å². The Morgan fingerprint density at radius 1 is 1.38 bits per heavy atom. The molecule has 1 aromatic carbocycles. The molecule has 1 aliphatic heterocycles. The van der Waals surface area contributed by atoms with Crippen LogP contribution in [0.5, 0.6) is 0 Å². The molecule has 0 aliphatic carbocycles. The highest BCUT2D eigenvalue weighted by atomic mass is 127. The molecular formula is C18H27ClFIN4O. The lowest BCUT2D eigenvalue weighted by atomic mass is 9.93. The Bertz CT molecular complexity index is 621.